The summed E-state index contributed by atoms with van der Waals surface area (Å²) in [5.41, 5.74) is 2.77. The Morgan fingerprint density at radius 1 is 0.938 bits per heavy atom. The van der Waals surface area contributed by atoms with Gasteiger partial charge in [-0.1, -0.05) is 17.7 Å². The molecule has 170 valence electrons. The maximum atomic E-state index is 13.4. The SMILES string of the molecule is COc1ccc(OC)c([C@@H]2CN(C(=O)Nc3ccc(C)cc3)C[C@H]2C(=O)N2CCCC2)c1. The third kappa shape index (κ3) is 4.52. The van der Waals surface area contributed by atoms with Crippen LogP contribution in [0.25, 0.3) is 0 Å². The number of ether oxygens (including phenoxy) is 2. The first-order valence-electron chi connectivity index (χ1n) is 11.1. The molecule has 2 aliphatic heterocycles. The lowest BCUT2D eigenvalue weighted by molar-refractivity contribution is -0.134. The molecule has 3 amide bonds. The lowest BCUT2D eigenvalue weighted by Gasteiger charge is -2.25. The molecule has 0 saturated carbocycles. The number of likely N-dealkylation sites (tertiary alicyclic amines) is 2. The summed E-state index contributed by atoms with van der Waals surface area (Å²) < 4.78 is 11.0. The highest BCUT2D eigenvalue weighted by Gasteiger charge is 2.43. The summed E-state index contributed by atoms with van der Waals surface area (Å²) >= 11 is 0. The number of rotatable bonds is 5. The fourth-order valence-electron chi connectivity index (χ4n) is 4.68. The second kappa shape index (κ2) is 9.51. The Kier molecular flexibility index (Phi) is 6.53. The van der Waals surface area contributed by atoms with Crippen LogP contribution < -0.4 is 14.8 Å². The van der Waals surface area contributed by atoms with Gasteiger partial charge in [-0.3, -0.25) is 4.79 Å². The van der Waals surface area contributed by atoms with E-state index in [2.05, 4.69) is 5.32 Å². The van der Waals surface area contributed by atoms with Crippen LogP contribution in [0.2, 0.25) is 0 Å². The van der Waals surface area contributed by atoms with Gasteiger partial charge in [0.05, 0.1) is 20.1 Å². The molecule has 1 N–H and O–H groups in total. The van der Waals surface area contributed by atoms with Crippen LogP contribution in [0, 0.1) is 12.8 Å². The Balaban J connectivity index is 1.61. The van der Waals surface area contributed by atoms with Crippen LogP contribution in [0.3, 0.4) is 0 Å². The van der Waals surface area contributed by atoms with E-state index >= 15 is 0 Å². The highest BCUT2D eigenvalue weighted by atomic mass is 16.5. The number of aryl methyl sites for hydroxylation is 1. The van der Waals surface area contributed by atoms with E-state index in [1.54, 1.807) is 19.1 Å². The van der Waals surface area contributed by atoms with Crippen molar-refractivity contribution in [1.82, 2.24) is 9.80 Å². The standard InChI is InChI=1S/C25H31N3O4/c1-17-6-8-18(9-7-17)26-25(30)28-15-21(20-14-19(31-2)10-11-23(20)32-3)22(16-28)24(29)27-12-4-5-13-27/h6-11,14,21-22H,4-5,12-13,15-16H2,1-3H3,(H,26,30)/t21-,22+/m0/s1. The normalized spacial score (nSPS) is 20.3. The number of amides is 3. The van der Waals surface area contributed by atoms with Crippen molar-refractivity contribution < 1.29 is 19.1 Å². The summed E-state index contributed by atoms with van der Waals surface area (Å²) in [4.78, 5) is 30.2. The zero-order valence-corrected chi connectivity index (χ0v) is 19.0. The van der Waals surface area contributed by atoms with Crippen LogP contribution in [-0.2, 0) is 4.79 Å². The van der Waals surface area contributed by atoms with Gasteiger partial charge in [0.25, 0.3) is 0 Å². The molecule has 2 aliphatic rings. The van der Waals surface area contributed by atoms with Gasteiger partial charge in [0.15, 0.2) is 0 Å². The second-order valence-electron chi connectivity index (χ2n) is 8.55. The molecule has 4 rings (SSSR count). The van der Waals surface area contributed by atoms with Crippen molar-refractivity contribution in [3.8, 4) is 11.5 Å². The van der Waals surface area contributed by atoms with E-state index in [0.29, 0.717) is 24.6 Å². The average Bonchev–Trinajstić information content (AvgIpc) is 3.50. The van der Waals surface area contributed by atoms with Crippen molar-refractivity contribution in [2.75, 3.05) is 45.7 Å². The molecule has 0 bridgehead atoms. The zero-order chi connectivity index (χ0) is 22.7. The Bertz CT molecular complexity index is 970. The van der Waals surface area contributed by atoms with E-state index in [-0.39, 0.29) is 23.8 Å². The number of nitrogens with one attached hydrogen (secondary N) is 1. The van der Waals surface area contributed by atoms with Crippen molar-refractivity contribution in [2.45, 2.75) is 25.7 Å². The first-order valence-corrected chi connectivity index (χ1v) is 11.1. The van der Waals surface area contributed by atoms with Gasteiger partial charge in [-0.25, -0.2) is 4.79 Å². The highest BCUT2D eigenvalue weighted by molar-refractivity contribution is 5.91. The van der Waals surface area contributed by atoms with Gasteiger partial charge in [0, 0.05) is 43.3 Å². The predicted octanol–water partition coefficient (Wildman–Crippen LogP) is 3.88. The number of benzene rings is 2. The van der Waals surface area contributed by atoms with Crippen LogP contribution in [0.1, 0.15) is 29.9 Å². The number of methoxy groups -OCH3 is 2. The molecule has 2 atom stereocenters. The minimum Gasteiger partial charge on any atom is -0.497 e. The van der Waals surface area contributed by atoms with E-state index in [4.69, 9.17) is 9.47 Å². The molecule has 0 radical (unpaired) electrons. The van der Waals surface area contributed by atoms with Gasteiger partial charge < -0.3 is 24.6 Å². The quantitative estimate of drug-likeness (QED) is 0.771. The van der Waals surface area contributed by atoms with Crippen molar-refractivity contribution in [3.05, 3.63) is 53.6 Å². The number of carbonyl (C=O) groups excluding carboxylic acids is 2. The molecule has 0 spiro atoms. The maximum Gasteiger partial charge on any atom is 0.321 e. The smallest absolute Gasteiger partial charge is 0.321 e. The van der Waals surface area contributed by atoms with Crippen molar-refractivity contribution in [2.24, 2.45) is 5.92 Å². The average molecular weight is 438 g/mol. The Morgan fingerprint density at radius 2 is 1.66 bits per heavy atom. The molecule has 32 heavy (non-hydrogen) atoms. The number of nitrogens with zero attached hydrogens (tertiary/aromatic N) is 2. The summed E-state index contributed by atoms with van der Waals surface area (Å²) in [6, 6.07) is 13.1. The lowest BCUT2D eigenvalue weighted by atomic mass is 9.87. The first kappa shape index (κ1) is 22.0. The number of anilines is 1. The molecular weight excluding hydrogens is 406 g/mol. The fourth-order valence-corrected chi connectivity index (χ4v) is 4.68. The highest BCUT2D eigenvalue weighted by Crippen LogP contribution is 2.40. The molecule has 2 fully saturated rings. The first-order chi connectivity index (χ1) is 15.5. The molecule has 0 aliphatic carbocycles. The number of carbonyl (C=O) groups is 2. The number of hydrogen-bond acceptors (Lipinski definition) is 4. The van der Waals surface area contributed by atoms with E-state index in [9.17, 15) is 9.59 Å². The molecule has 0 aromatic heterocycles. The largest absolute Gasteiger partial charge is 0.497 e. The van der Waals surface area contributed by atoms with E-state index in [0.717, 1.165) is 42.7 Å². The predicted molar refractivity (Wildman–Crippen MR) is 123 cm³/mol. The van der Waals surface area contributed by atoms with Gasteiger partial charge in [-0.15, -0.1) is 0 Å². The van der Waals surface area contributed by atoms with Crippen molar-refractivity contribution in [3.63, 3.8) is 0 Å². The summed E-state index contributed by atoms with van der Waals surface area (Å²) in [6.07, 6.45) is 2.06. The topological polar surface area (TPSA) is 71.1 Å². The van der Waals surface area contributed by atoms with Gasteiger partial charge in [0.2, 0.25) is 5.91 Å². The van der Waals surface area contributed by atoms with Crippen LogP contribution in [0.5, 0.6) is 11.5 Å². The lowest BCUT2D eigenvalue weighted by Crippen LogP contribution is -2.38. The Morgan fingerprint density at radius 3 is 2.31 bits per heavy atom. The molecule has 2 heterocycles. The summed E-state index contributed by atoms with van der Waals surface area (Å²) in [7, 11) is 3.24. The molecule has 2 aromatic rings. The molecular formula is C25H31N3O4. The molecule has 2 aromatic carbocycles. The third-order valence-corrected chi connectivity index (χ3v) is 6.48. The third-order valence-electron chi connectivity index (χ3n) is 6.48. The Labute approximate surface area is 189 Å². The fraction of sp³-hybridized carbons (Fsp3) is 0.440. The van der Waals surface area contributed by atoms with Crippen LogP contribution in [-0.4, -0.2) is 62.1 Å². The van der Waals surface area contributed by atoms with Crippen LogP contribution in [0.4, 0.5) is 10.5 Å². The molecule has 7 nitrogen and oxygen atoms in total. The molecule has 7 heteroatoms. The van der Waals surface area contributed by atoms with E-state index < -0.39 is 0 Å². The minimum absolute atomic E-state index is 0.114. The van der Waals surface area contributed by atoms with E-state index in [1.165, 1.54) is 0 Å². The monoisotopic (exact) mass is 437 g/mol. The summed E-state index contributed by atoms with van der Waals surface area (Å²) in [5.74, 6) is 1.03. The molecule has 2 saturated heterocycles. The molecule has 0 unspecified atom stereocenters. The van der Waals surface area contributed by atoms with Crippen molar-refractivity contribution >= 4 is 17.6 Å². The zero-order valence-electron chi connectivity index (χ0n) is 19.0. The number of urea groups is 1. The second-order valence-corrected chi connectivity index (χ2v) is 8.55. The van der Waals surface area contributed by atoms with Crippen LogP contribution in [0.15, 0.2) is 42.5 Å². The Hall–Kier alpha value is -3.22. The minimum atomic E-state index is -0.321. The van der Waals surface area contributed by atoms with Crippen molar-refractivity contribution in [1.29, 1.82) is 0 Å². The van der Waals surface area contributed by atoms with Gasteiger partial charge >= 0.3 is 6.03 Å². The van der Waals surface area contributed by atoms with E-state index in [1.807, 2.05) is 54.3 Å². The van der Waals surface area contributed by atoms with Gasteiger partial charge in [0.1, 0.15) is 11.5 Å². The maximum absolute atomic E-state index is 13.4. The summed E-state index contributed by atoms with van der Waals surface area (Å²) in [6.45, 7) is 4.38. The van der Waals surface area contributed by atoms with Crippen LogP contribution >= 0.6 is 0 Å². The van der Waals surface area contributed by atoms with Gasteiger partial charge in [-0.2, -0.15) is 0 Å². The van der Waals surface area contributed by atoms with Gasteiger partial charge in [-0.05, 0) is 50.1 Å². The summed E-state index contributed by atoms with van der Waals surface area (Å²) in [5, 5.41) is 2.97. The number of hydrogen-bond donors (Lipinski definition) is 1.